The van der Waals surface area contributed by atoms with Crippen LogP contribution in [0.5, 0.6) is 11.5 Å². The van der Waals surface area contributed by atoms with Crippen LogP contribution >= 0.6 is 11.3 Å². The topological polar surface area (TPSA) is 137 Å². The molecule has 2 aromatic heterocycles. The number of carbonyl (C=O) groups is 1. The summed E-state index contributed by atoms with van der Waals surface area (Å²) in [4.78, 5) is 15.9. The van der Waals surface area contributed by atoms with Crippen molar-refractivity contribution in [2.24, 2.45) is 11.1 Å². The summed E-state index contributed by atoms with van der Waals surface area (Å²) in [6.07, 6.45) is -1.35. The van der Waals surface area contributed by atoms with E-state index in [2.05, 4.69) is 4.98 Å². The molecular weight excluding hydrogens is 629 g/mol. The SMILES string of the molecule is NS(=O)(=O)c1ccc(Cc2c(-c3cccc(Oc4ccc(C(F)(F)F)cc4)c3)nn(-c3nc(C(=O)O)cs3)c2CC2CC2)cc1. The Hall–Kier alpha value is -4.53. The van der Waals surface area contributed by atoms with Crippen molar-refractivity contribution in [3.63, 3.8) is 0 Å². The number of carboxylic acid groups (broad SMARTS) is 1. The lowest BCUT2D eigenvalue weighted by Crippen LogP contribution is -2.12. The minimum Gasteiger partial charge on any atom is -0.476 e. The van der Waals surface area contributed by atoms with Crippen molar-refractivity contribution in [3.05, 3.63) is 106 Å². The quantitative estimate of drug-likeness (QED) is 0.171. The Kier molecular flexibility index (Phi) is 7.97. The number of sulfonamides is 1. The number of carboxylic acids is 1. The van der Waals surface area contributed by atoms with Crippen molar-refractivity contribution in [1.82, 2.24) is 14.8 Å². The summed E-state index contributed by atoms with van der Waals surface area (Å²) in [5, 5.41) is 21.5. The predicted octanol–water partition coefficient (Wildman–Crippen LogP) is 6.70. The van der Waals surface area contributed by atoms with E-state index in [1.54, 1.807) is 35.0 Å². The van der Waals surface area contributed by atoms with Crippen LogP contribution in [0, 0.1) is 5.92 Å². The van der Waals surface area contributed by atoms with Gasteiger partial charge in [-0.2, -0.15) is 18.3 Å². The molecule has 232 valence electrons. The molecule has 1 saturated carbocycles. The first-order chi connectivity index (χ1) is 21.3. The zero-order valence-electron chi connectivity index (χ0n) is 23.4. The van der Waals surface area contributed by atoms with E-state index in [9.17, 15) is 31.5 Å². The molecule has 0 radical (unpaired) electrons. The Morgan fingerprint density at radius 2 is 1.76 bits per heavy atom. The summed E-state index contributed by atoms with van der Waals surface area (Å²) in [5.41, 5.74) is 2.83. The normalized spacial score (nSPS) is 13.6. The number of aromatic nitrogens is 3. The third-order valence-corrected chi connectivity index (χ3v) is 9.06. The third-order valence-electron chi connectivity index (χ3n) is 7.32. The van der Waals surface area contributed by atoms with Gasteiger partial charge in [0.1, 0.15) is 11.5 Å². The third kappa shape index (κ3) is 6.92. The number of alkyl halides is 3. The lowest BCUT2D eigenvalue weighted by Gasteiger charge is -2.11. The zero-order valence-corrected chi connectivity index (χ0v) is 25.0. The molecule has 45 heavy (non-hydrogen) atoms. The van der Waals surface area contributed by atoms with Gasteiger partial charge in [0.05, 0.1) is 21.8 Å². The Bertz CT molecular complexity index is 1980. The highest BCUT2D eigenvalue weighted by molar-refractivity contribution is 7.89. The highest BCUT2D eigenvalue weighted by Crippen LogP contribution is 2.39. The summed E-state index contributed by atoms with van der Waals surface area (Å²) in [6, 6.07) is 17.6. The van der Waals surface area contributed by atoms with E-state index in [1.807, 2.05) is 6.07 Å². The van der Waals surface area contributed by atoms with Gasteiger partial charge in [-0.05, 0) is 79.3 Å². The van der Waals surface area contributed by atoms with Gasteiger partial charge in [0.25, 0.3) is 0 Å². The van der Waals surface area contributed by atoms with Crippen LogP contribution in [-0.4, -0.2) is 34.3 Å². The zero-order chi connectivity index (χ0) is 31.9. The Morgan fingerprint density at radius 3 is 2.36 bits per heavy atom. The number of hydrogen-bond acceptors (Lipinski definition) is 7. The minimum atomic E-state index is -4.46. The maximum absolute atomic E-state index is 13.0. The van der Waals surface area contributed by atoms with E-state index in [0.29, 0.717) is 40.9 Å². The molecule has 0 amide bonds. The second-order valence-corrected chi connectivity index (χ2v) is 13.1. The lowest BCUT2D eigenvalue weighted by atomic mass is 9.97. The number of halogens is 3. The van der Waals surface area contributed by atoms with E-state index < -0.39 is 27.7 Å². The van der Waals surface area contributed by atoms with Crippen molar-refractivity contribution in [1.29, 1.82) is 0 Å². The minimum absolute atomic E-state index is 0.0162. The maximum atomic E-state index is 13.0. The first-order valence-electron chi connectivity index (χ1n) is 13.7. The lowest BCUT2D eigenvalue weighted by molar-refractivity contribution is -0.137. The van der Waals surface area contributed by atoms with Gasteiger partial charge in [-0.15, -0.1) is 11.3 Å². The molecule has 3 N–H and O–H groups in total. The number of ether oxygens (including phenoxy) is 1. The second-order valence-electron chi connectivity index (χ2n) is 10.7. The van der Waals surface area contributed by atoms with E-state index in [1.165, 1.54) is 29.6 Å². The Balaban J connectivity index is 1.43. The van der Waals surface area contributed by atoms with Gasteiger partial charge in [-0.3, -0.25) is 0 Å². The predicted molar refractivity (Wildman–Crippen MR) is 160 cm³/mol. The molecule has 9 nitrogen and oxygen atoms in total. The van der Waals surface area contributed by atoms with E-state index in [4.69, 9.17) is 15.0 Å². The van der Waals surface area contributed by atoms with Gasteiger partial charge in [-0.1, -0.05) is 24.3 Å². The smallest absolute Gasteiger partial charge is 0.416 e. The average molecular weight is 655 g/mol. The Morgan fingerprint density at radius 1 is 1.04 bits per heavy atom. The van der Waals surface area contributed by atoms with Gasteiger partial charge in [-0.25, -0.2) is 28.0 Å². The second kappa shape index (κ2) is 11.8. The summed E-state index contributed by atoms with van der Waals surface area (Å²) in [5.74, 6) is -0.141. The molecule has 2 heterocycles. The van der Waals surface area contributed by atoms with Crippen LogP contribution in [0.2, 0.25) is 0 Å². The fourth-order valence-electron chi connectivity index (χ4n) is 4.88. The number of nitrogens with zero attached hydrogens (tertiary/aromatic N) is 3. The van der Waals surface area contributed by atoms with Gasteiger partial charge in [0.2, 0.25) is 15.2 Å². The number of hydrogen-bond donors (Lipinski definition) is 2. The summed E-state index contributed by atoms with van der Waals surface area (Å²) < 4.78 is 70.2. The molecule has 1 aliphatic carbocycles. The molecule has 0 atom stereocenters. The largest absolute Gasteiger partial charge is 0.476 e. The summed E-state index contributed by atoms with van der Waals surface area (Å²) in [6.45, 7) is 0. The Labute approximate surface area is 259 Å². The first-order valence-corrected chi connectivity index (χ1v) is 16.1. The van der Waals surface area contributed by atoms with Crippen LogP contribution in [0.25, 0.3) is 16.4 Å². The molecule has 0 bridgehead atoms. The molecule has 6 rings (SSSR count). The maximum Gasteiger partial charge on any atom is 0.416 e. The van der Waals surface area contributed by atoms with Crippen LogP contribution in [0.4, 0.5) is 13.2 Å². The molecule has 5 aromatic rings. The van der Waals surface area contributed by atoms with Crippen molar-refractivity contribution in [3.8, 4) is 27.9 Å². The van der Waals surface area contributed by atoms with Crippen LogP contribution in [0.15, 0.2) is 83.1 Å². The summed E-state index contributed by atoms with van der Waals surface area (Å²) >= 11 is 1.15. The fourth-order valence-corrected chi connectivity index (χ4v) is 6.17. The molecule has 1 aliphatic rings. The highest BCUT2D eigenvalue weighted by atomic mass is 32.2. The van der Waals surface area contributed by atoms with E-state index in [-0.39, 0.29) is 16.3 Å². The van der Waals surface area contributed by atoms with Crippen molar-refractivity contribution in [2.45, 2.75) is 36.8 Å². The van der Waals surface area contributed by atoms with Crippen LogP contribution in [0.3, 0.4) is 0 Å². The van der Waals surface area contributed by atoms with Crippen molar-refractivity contribution < 1.29 is 36.2 Å². The number of aromatic carboxylic acids is 1. The molecule has 14 heteroatoms. The molecule has 0 saturated heterocycles. The van der Waals surface area contributed by atoms with Gasteiger partial charge < -0.3 is 9.84 Å². The van der Waals surface area contributed by atoms with Gasteiger partial charge in [0, 0.05) is 22.9 Å². The van der Waals surface area contributed by atoms with Crippen LogP contribution in [-0.2, 0) is 29.0 Å². The van der Waals surface area contributed by atoms with Gasteiger partial charge in [0.15, 0.2) is 5.69 Å². The average Bonchev–Trinajstić information content (AvgIpc) is 3.54. The van der Waals surface area contributed by atoms with Crippen LogP contribution in [0.1, 0.15) is 45.7 Å². The molecule has 3 aromatic carbocycles. The number of rotatable bonds is 10. The van der Waals surface area contributed by atoms with Crippen LogP contribution < -0.4 is 9.88 Å². The van der Waals surface area contributed by atoms with E-state index >= 15 is 0 Å². The van der Waals surface area contributed by atoms with E-state index in [0.717, 1.165) is 53.1 Å². The standard InChI is InChI=1S/C31H25F3N4O5S2/c32-31(33,34)21-8-10-22(11-9-21)43-23-3-1-2-20(16-23)28-25(14-18-6-12-24(13-7-18)45(35,41)42)27(15-19-4-5-19)38(37-28)30-36-26(17-44-30)29(39)40/h1-3,6-13,16-17,19H,4-5,14-15H2,(H,39,40)(H2,35,41,42). The molecule has 1 fully saturated rings. The molecule has 0 spiro atoms. The van der Waals surface area contributed by atoms with Crippen molar-refractivity contribution in [2.75, 3.05) is 0 Å². The number of primary sulfonamides is 1. The summed E-state index contributed by atoms with van der Waals surface area (Å²) in [7, 11) is -3.88. The molecular formula is C31H25F3N4O5S2. The van der Waals surface area contributed by atoms with Crippen molar-refractivity contribution >= 4 is 27.3 Å². The fraction of sp³-hybridized carbons (Fsp3) is 0.194. The number of benzene rings is 3. The first kappa shape index (κ1) is 30.5. The number of thiazole rings is 1. The number of nitrogens with two attached hydrogens (primary N) is 1. The molecule has 0 unspecified atom stereocenters. The molecule has 0 aliphatic heterocycles. The monoisotopic (exact) mass is 654 g/mol. The van der Waals surface area contributed by atoms with Gasteiger partial charge >= 0.3 is 12.1 Å². The highest BCUT2D eigenvalue weighted by Gasteiger charge is 2.31.